The fourth-order valence-electron chi connectivity index (χ4n) is 2.99. The first kappa shape index (κ1) is 21.2. The van der Waals surface area contributed by atoms with Gasteiger partial charge in [-0.15, -0.1) is 0 Å². The van der Waals surface area contributed by atoms with Crippen LogP contribution in [0, 0.1) is 5.82 Å². The molecule has 0 saturated heterocycles. The maximum Gasteiger partial charge on any atom is 0.275 e. The summed E-state index contributed by atoms with van der Waals surface area (Å²) in [6.07, 6.45) is 3.44. The normalized spacial score (nSPS) is 18.7. The van der Waals surface area contributed by atoms with Crippen LogP contribution in [0.5, 0.6) is 5.88 Å². The van der Waals surface area contributed by atoms with Crippen molar-refractivity contribution >= 4 is 23.5 Å². The fraction of sp³-hybridized carbons (Fsp3) is 0.350. The first-order valence-electron chi connectivity index (χ1n) is 9.41. The lowest BCUT2D eigenvalue weighted by molar-refractivity contribution is -0.128. The van der Waals surface area contributed by atoms with Gasteiger partial charge in [0.2, 0.25) is 11.8 Å². The Morgan fingerprint density at radius 3 is 2.77 bits per heavy atom. The minimum Gasteiger partial charge on any atom is -0.477 e. The molecule has 10 heteroatoms. The number of halogens is 1. The summed E-state index contributed by atoms with van der Waals surface area (Å²) in [5.41, 5.74) is 5.18. The molecule has 158 valence electrons. The summed E-state index contributed by atoms with van der Waals surface area (Å²) in [7, 11) is 1.51. The fourth-order valence-corrected chi connectivity index (χ4v) is 2.99. The number of benzene rings is 1. The zero-order chi connectivity index (χ0) is 21.9. The average Bonchev–Trinajstić information content (AvgIpc) is 2.72. The van der Waals surface area contributed by atoms with Gasteiger partial charge in [0.25, 0.3) is 5.91 Å². The summed E-state index contributed by atoms with van der Waals surface area (Å²) in [5.74, 6) is -1.02. The molecule has 1 aliphatic heterocycles. The SMILES string of the molecule is CCCOc1cnc(C(=O)Nc2ccc(F)c(C3(C)CC(=O)N(C)C(N)=N3)c2)cn1. The van der Waals surface area contributed by atoms with Crippen LogP contribution in [-0.4, -0.2) is 46.3 Å². The summed E-state index contributed by atoms with van der Waals surface area (Å²) < 4.78 is 19.9. The lowest BCUT2D eigenvalue weighted by Gasteiger charge is -2.34. The zero-order valence-corrected chi connectivity index (χ0v) is 17.0. The van der Waals surface area contributed by atoms with Crippen molar-refractivity contribution in [3.63, 3.8) is 0 Å². The molecule has 0 radical (unpaired) electrons. The van der Waals surface area contributed by atoms with E-state index >= 15 is 0 Å². The van der Waals surface area contributed by atoms with E-state index in [1.807, 2.05) is 6.92 Å². The Balaban J connectivity index is 1.82. The molecule has 1 aliphatic rings. The second kappa shape index (κ2) is 8.44. The Bertz CT molecular complexity index is 995. The first-order chi connectivity index (χ1) is 14.2. The van der Waals surface area contributed by atoms with Crippen molar-refractivity contribution in [3.8, 4) is 5.88 Å². The predicted molar refractivity (Wildman–Crippen MR) is 109 cm³/mol. The van der Waals surface area contributed by atoms with E-state index in [2.05, 4.69) is 20.3 Å². The molecular formula is C20H23FN6O3. The van der Waals surface area contributed by atoms with Crippen LogP contribution in [0.25, 0.3) is 0 Å². The predicted octanol–water partition coefficient (Wildman–Crippen LogP) is 2.05. The summed E-state index contributed by atoms with van der Waals surface area (Å²) in [6.45, 7) is 4.09. The van der Waals surface area contributed by atoms with E-state index in [4.69, 9.17) is 10.5 Å². The largest absolute Gasteiger partial charge is 0.477 e. The van der Waals surface area contributed by atoms with Gasteiger partial charge < -0.3 is 15.8 Å². The van der Waals surface area contributed by atoms with Crippen LogP contribution < -0.4 is 15.8 Å². The number of hydrogen-bond donors (Lipinski definition) is 2. The Labute approximate surface area is 173 Å². The number of guanidine groups is 1. The minimum atomic E-state index is -1.18. The topological polar surface area (TPSA) is 123 Å². The molecule has 1 unspecified atom stereocenters. The third-order valence-electron chi connectivity index (χ3n) is 4.69. The van der Waals surface area contributed by atoms with Crippen molar-refractivity contribution in [2.24, 2.45) is 10.7 Å². The molecule has 1 atom stereocenters. The zero-order valence-electron chi connectivity index (χ0n) is 17.0. The number of ether oxygens (including phenoxy) is 1. The van der Waals surface area contributed by atoms with Crippen molar-refractivity contribution < 1.29 is 18.7 Å². The lowest BCUT2D eigenvalue weighted by Crippen LogP contribution is -2.47. The molecule has 3 N–H and O–H groups in total. The van der Waals surface area contributed by atoms with E-state index in [1.165, 1.54) is 42.5 Å². The van der Waals surface area contributed by atoms with Crippen LogP contribution in [-0.2, 0) is 10.3 Å². The lowest BCUT2D eigenvalue weighted by atomic mass is 9.87. The van der Waals surface area contributed by atoms with Gasteiger partial charge in [0, 0.05) is 18.3 Å². The standard InChI is InChI=1S/C20H23FN6O3/c1-4-7-30-16-11-23-15(10-24-16)18(29)25-12-5-6-14(21)13(8-12)20(2)9-17(28)27(3)19(22)26-20/h5-6,8,10-11H,4,7,9H2,1-3H3,(H2,22,26)(H,25,29). The monoisotopic (exact) mass is 414 g/mol. The Kier molecular flexibility index (Phi) is 5.95. The number of hydrogen-bond acceptors (Lipinski definition) is 7. The quantitative estimate of drug-likeness (QED) is 0.746. The Hall–Kier alpha value is -3.56. The number of amides is 2. The second-order valence-electron chi connectivity index (χ2n) is 7.11. The molecule has 0 saturated carbocycles. The maximum absolute atomic E-state index is 14.6. The second-order valence-corrected chi connectivity index (χ2v) is 7.11. The molecule has 9 nitrogen and oxygen atoms in total. The molecular weight excluding hydrogens is 391 g/mol. The number of nitrogens with zero attached hydrogens (tertiary/aromatic N) is 4. The van der Waals surface area contributed by atoms with Crippen LogP contribution in [0.15, 0.2) is 35.6 Å². The van der Waals surface area contributed by atoms with Crippen LogP contribution in [0.2, 0.25) is 0 Å². The first-order valence-corrected chi connectivity index (χ1v) is 9.41. The number of carbonyl (C=O) groups is 2. The van der Waals surface area contributed by atoms with Crippen LogP contribution in [0.1, 0.15) is 42.7 Å². The highest BCUT2D eigenvalue weighted by Crippen LogP contribution is 2.35. The molecule has 2 aromatic rings. The third-order valence-corrected chi connectivity index (χ3v) is 4.69. The third kappa shape index (κ3) is 4.37. The minimum absolute atomic E-state index is 0.00300. The molecule has 3 rings (SSSR count). The van der Waals surface area contributed by atoms with E-state index in [1.54, 1.807) is 6.92 Å². The van der Waals surface area contributed by atoms with Crippen LogP contribution in [0.3, 0.4) is 0 Å². The smallest absolute Gasteiger partial charge is 0.275 e. The highest BCUT2D eigenvalue weighted by molar-refractivity contribution is 6.03. The molecule has 2 heterocycles. The maximum atomic E-state index is 14.6. The number of nitrogens with two attached hydrogens (primary N) is 1. The van der Waals surface area contributed by atoms with Gasteiger partial charge in [-0.3, -0.25) is 14.5 Å². The van der Waals surface area contributed by atoms with E-state index in [0.29, 0.717) is 18.2 Å². The van der Waals surface area contributed by atoms with Gasteiger partial charge in [-0.25, -0.2) is 19.4 Å². The molecule has 2 amide bonds. The van der Waals surface area contributed by atoms with E-state index in [-0.39, 0.29) is 29.5 Å². The van der Waals surface area contributed by atoms with Gasteiger partial charge >= 0.3 is 0 Å². The number of rotatable bonds is 6. The molecule has 0 aliphatic carbocycles. The Morgan fingerprint density at radius 2 is 2.13 bits per heavy atom. The van der Waals surface area contributed by atoms with E-state index < -0.39 is 17.3 Å². The molecule has 30 heavy (non-hydrogen) atoms. The van der Waals surface area contributed by atoms with Gasteiger partial charge in [0.1, 0.15) is 11.5 Å². The number of carbonyl (C=O) groups excluding carboxylic acids is 2. The van der Waals surface area contributed by atoms with Gasteiger partial charge in [-0.1, -0.05) is 6.92 Å². The molecule has 0 fully saturated rings. The summed E-state index contributed by atoms with van der Waals surface area (Å²) in [5, 5.41) is 2.65. The Morgan fingerprint density at radius 1 is 1.37 bits per heavy atom. The van der Waals surface area contributed by atoms with Crippen molar-refractivity contribution in [1.82, 2.24) is 14.9 Å². The van der Waals surface area contributed by atoms with Crippen LogP contribution in [0.4, 0.5) is 10.1 Å². The number of anilines is 1. The van der Waals surface area contributed by atoms with E-state index in [9.17, 15) is 14.0 Å². The highest BCUT2D eigenvalue weighted by Gasteiger charge is 2.38. The molecule has 1 aromatic carbocycles. The summed E-state index contributed by atoms with van der Waals surface area (Å²) in [4.78, 5) is 38.3. The van der Waals surface area contributed by atoms with Crippen molar-refractivity contribution in [2.75, 3.05) is 19.0 Å². The van der Waals surface area contributed by atoms with Gasteiger partial charge in [-0.05, 0) is 31.5 Å². The highest BCUT2D eigenvalue weighted by atomic mass is 19.1. The van der Waals surface area contributed by atoms with Crippen molar-refractivity contribution in [1.29, 1.82) is 0 Å². The van der Waals surface area contributed by atoms with Gasteiger partial charge in [0.05, 0.1) is 31.0 Å². The number of aliphatic imine (C=N–C) groups is 1. The van der Waals surface area contributed by atoms with Gasteiger partial charge in [-0.2, -0.15) is 0 Å². The summed E-state index contributed by atoms with van der Waals surface area (Å²) >= 11 is 0. The van der Waals surface area contributed by atoms with E-state index in [0.717, 1.165) is 6.42 Å². The molecule has 1 aromatic heterocycles. The number of nitrogens with one attached hydrogen (secondary N) is 1. The van der Waals surface area contributed by atoms with Crippen molar-refractivity contribution in [3.05, 3.63) is 47.7 Å². The molecule has 0 bridgehead atoms. The number of aromatic nitrogens is 2. The van der Waals surface area contributed by atoms with Gasteiger partial charge in [0.15, 0.2) is 5.96 Å². The average molecular weight is 414 g/mol. The summed E-state index contributed by atoms with van der Waals surface area (Å²) in [6, 6.07) is 4.06. The molecule has 0 spiro atoms. The van der Waals surface area contributed by atoms with Crippen molar-refractivity contribution in [2.45, 2.75) is 32.2 Å². The van der Waals surface area contributed by atoms with Crippen LogP contribution >= 0.6 is 0 Å².